The van der Waals surface area contributed by atoms with E-state index in [9.17, 15) is 9.18 Å². The lowest BCUT2D eigenvalue weighted by Crippen LogP contribution is -2.38. The number of aromatic nitrogens is 3. The van der Waals surface area contributed by atoms with E-state index in [-0.39, 0.29) is 17.0 Å². The third-order valence-electron chi connectivity index (χ3n) is 4.65. The van der Waals surface area contributed by atoms with E-state index in [4.69, 9.17) is 4.74 Å². The van der Waals surface area contributed by atoms with Gasteiger partial charge >= 0.3 is 0 Å². The molecule has 1 aromatic heterocycles. The predicted octanol–water partition coefficient (Wildman–Crippen LogP) is 2.89. The molecule has 0 saturated carbocycles. The molecule has 1 aliphatic heterocycles. The fourth-order valence-electron chi connectivity index (χ4n) is 2.99. The summed E-state index contributed by atoms with van der Waals surface area (Å²) in [5.74, 6) is 0.788. The van der Waals surface area contributed by atoms with Crippen LogP contribution < -0.4 is 10.2 Å². The molecule has 1 atom stereocenters. The van der Waals surface area contributed by atoms with E-state index in [2.05, 4.69) is 34.3 Å². The number of amides is 1. The van der Waals surface area contributed by atoms with Crippen molar-refractivity contribution in [2.75, 3.05) is 37.7 Å². The van der Waals surface area contributed by atoms with Crippen molar-refractivity contribution in [1.82, 2.24) is 20.1 Å². The fourth-order valence-corrected chi connectivity index (χ4v) is 3.87. The number of ether oxygens (including phenoxy) is 1. The largest absolute Gasteiger partial charge is 0.378 e. The first kappa shape index (κ1) is 21.6. The van der Waals surface area contributed by atoms with Crippen LogP contribution in [0.1, 0.15) is 27.2 Å². The van der Waals surface area contributed by atoms with Crippen LogP contribution in [0.5, 0.6) is 0 Å². The number of hydrogen-bond donors (Lipinski definition) is 1. The molecule has 2 aromatic rings. The quantitative estimate of drug-likeness (QED) is 0.661. The Hall–Kier alpha value is -2.13. The Labute approximate surface area is 175 Å². The molecule has 0 bridgehead atoms. The summed E-state index contributed by atoms with van der Waals surface area (Å²) in [7, 11) is 0. The fraction of sp³-hybridized carbons (Fsp3) is 0.550. The van der Waals surface area contributed by atoms with E-state index in [0.717, 1.165) is 6.42 Å². The Morgan fingerprint density at radius 2 is 2.03 bits per heavy atom. The molecular formula is C20H28FN5O2S. The molecule has 1 unspecified atom stereocenters. The number of nitrogens with one attached hydrogen (secondary N) is 1. The molecule has 0 radical (unpaired) electrons. The van der Waals surface area contributed by atoms with Crippen LogP contribution in [-0.2, 0) is 9.53 Å². The number of hydrogen-bond acceptors (Lipinski definition) is 6. The first-order chi connectivity index (χ1) is 14.0. The molecule has 29 heavy (non-hydrogen) atoms. The molecule has 1 amide bonds. The number of benzene rings is 1. The second kappa shape index (κ2) is 10.1. The summed E-state index contributed by atoms with van der Waals surface area (Å²) in [6, 6.07) is 6.32. The topological polar surface area (TPSA) is 72.3 Å². The summed E-state index contributed by atoms with van der Waals surface area (Å²) >= 11 is 1.32. The van der Waals surface area contributed by atoms with Crippen LogP contribution >= 0.6 is 11.8 Å². The number of carbonyl (C=O) groups excluding carboxylic acids is 1. The van der Waals surface area contributed by atoms with Gasteiger partial charge in [-0.15, -0.1) is 10.2 Å². The minimum Gasteiger partial charge on any atom is -0.378 e. The zero-order chi connectivity index (χ0) is 20.8. The molecule has 1 fully saturated rings. The Morgan fingerprint density at radius 3 is 2.72 bits per heavy atom. The summed E-state index contributed by atoms with van der Waals surface area (Å²) in [4.78, 5) is 14.5. The maximum absolute atomic E-state index is 13.9. The predicted molar refractivity (Wildman–Crippen MR) is 112 cm³/mol. The standard InChI is InChI=1S/C20H28FN5O2S/c1-14(2)7-8-22-18(27)15(3)29-20-24-23-19(25-9-11-28-12-10-25)26(20)17-6-4-5-16(21)13-17/h4-6,13-15H,7-12H2,1-3H3,(H,22,27). The molecule has 2 heterocycles. The lowest BCUT2D eigenvalue weighted by molar-refractivity contribution is -0.120. The average Bonchev–Trinajstić information content (AvgIpc) is 3.11. The third-order valence-corrected chi connectivity index (χ3v) is 5.69. The first-order valence-electron chi connectivity index (χ1n) is 9.94. The van der Waals surface area contributed by atoms with Crippen LogP contribution in [0.25, 0.3) is 5.69 Å². The second-order valence-corrected chi connectivity index (χ2v) is 8.74. The molecule has 0 spiro atoms. The van der Waals surface area contributed by atoms with Crippen molar-refractivity contribution in [2.24, 2.45) is 5.92 Å². The monoisotopic (exact) mass is 421 g/mol. The van der Waals surface area contributed by atoms with Crippen LogP contribution in [0, 0.1) is 11.7 Å². The molecule has 3 rings (SSSR count). The van der Waals surface area contributed by atoms with E-state index in [1.54, 1.807) is 6.07 Å². The zero-order valence-corrected chi connectivity index (χ0v) is 17.9. The Morgan fingerprint density at radius 1 is 1.28 bits per heavy atom. The Balaban J connectivity index is 1.82. The van der Waals surface area contributed by atoms with Gasteiger partial charge in [-0.2, -0.15) is 0 Å². The zero-order valence-electron chi connectivity index (χ0n) is 17.1. The van der Waals surface area contributed by atoms with Gasteiger partial charge in [0.05, 0.1) is 24.2 Å². The smallest absolute Gasteiger partial charge is 0.233 e. The summed E-state index contributed by atoms with van der Waals surface area (Å²) in [5.41, 5.74) is 0.631. The Kier molecular flexibility index (Phi) is 7.49. The van der Waals surface area contributed by atoms with Crippen molar-refractivity contribution >= 4 is 23.6 Å². The van der Waals surface area contributed by atoms with E-state index in [1.165, 1.54) is 23.9 Å². The highest BCUT2D eigenvalue weighted by atomic mass is 32.2. The number of carbonyl (C=O) groups is 1. The van der Waals surface area contributed by atoms with Gasteiger partial charge in [-0.25, -0.2) is 4.39 Å². The highest BCUT2D eigenvalue weighted by molar-refractivity contribution is 8.00. The second-order valence-electron chi connectivity index (χ2n) is 7.43. The third kappa shape index (κ3) is 5.70. The average molecular weight is 422 g/mol. The normalized spacial score (nSPS) is 15.6. The van der Waals surface area contributed by atoms with Crippen molar-refractivity contribution in [3.05, 3.63) is 30.1 Å². The van der Waals surface area contributed by atoms with Crippen LogP contribution in [0.2, 0.25) is 0 Å². The number of nitrogens with zero attached hydrogens (tertiary/aromatic N) is 4. The minimum absolute atomic E-state index is 0.0441. The van der Waals surface area contributed by atoms with Gasteiger partial charge in [0.15, 0.2) is 5.16 Å². The Bertz CT molecular complexity index is 823. The van der Waals surface area contributed by atoms with Gasteiger partial charge in [-0.1, -0.05) is 31.7 Å². The maximum Gasteiger partial charge on any atom is 0.233 e. The van der Waals surface area contributed by atoms with E-state index < -0.39 is 0 Å². The molecule has 9 heteroatoms. The maximum atomic E-state index is 13.9. The van der Waals surface area contributed by atoms with Crippen molar-refractivity contribution in [2.45, 2.75) is 37.6 Å². The molecular weight excluding hydrogens is 393 g/mol. The lowest BCUT2D eigenvalue weighted by atomic mass is 10.1. The van der Waals surface area contributed by atoms with Crippen LogP contribution in [-0.4, -0.2) is 58.8 Å². The van der Waals surface area contributed by atoms with Crippen molar-refractivity contribution in [3.8, 4) is 5.69 Å². The van der Waals surface area contributed by atoms with Gasteiger partial charge in [-0.05, 0) is 37.5 Å². The minimum atomic E-state index is -0.351. The van der Waals surface area contributed by atoms with Gasteiger partial charge < -0.3 is 15.0 Å². The lowest BCUT2D eigenvalue weighted by Gasteiger charge is -2.28. The molecule has 158 valence electrons. The van der Waals surface area contributed by atoms with Gasteiger partial charge in [-0.3, -0.25) is 9.36 Å². The van der Waals surface area contributed by atoms with Crippen molar-refractivity contribution in [1.29, 1.82) is 0 Å². The number of halogens is 1. The van der Waals surface area contributed by atoms with E-state index in [0.29, 0.717) is 55.6 Å². The van der Waals surface area contributed by atoms with Gasteiger partial charge in [0.1, 0.15) is 5.82 Å². The molecule has 0 aliphatic carbocycles. The molecule has 7 nitrogen and oxygen atoms in total. The number of anilines is 1. The summed E-state index contributed by atoms with van der Waals surface area (Å²) < 4.78 is 21.1. The molecule has 1 saturated heterocycles. The van der Waals surface area contributed by atoms with Gasteiger partial charge in [0.25, 0.3) is 0 Å². The van der Waals surface area contributed by atoms with E-state index >= 15 is 0 Å². The molecule has 1 N–H and O–H groups in total. The van der Waals surface area contributed by atoms with Crippen LogP contribution in [0.15, 0.2) is 29.4 Å². The van der Waals surface area contributed by atoms with Crippen LogP contribution in [0.4, 0.5) is 10.3 Å². The first-order valence-corrected chi connectivity index (χ1v) is 10.8. The number of morpholine rings is 1. The summed E-state index contributed by atoms with van der Waals surface area (Å²) in [6.45, 7) is 9.32. The van der Waals surface area contributed by atoms with Crippen molar-refractivity contribution < 1.29 is 13.9 Å². The molecule has 1 aromatic carbocycles. The van der Waals surface area contributed by atoms with E-state index in [1.807, 2.05) is 17.6 Å². The SMILES string of the molecule is CC(C)CCNC(=O)C(C)Sc1nnc(N2CCOCC2)n1-c1cccc(F)c1. The number of rotatable bonds is 8. The highest BCUT2D eigenvalue weighted by Crippen LogP contribution is 2.30. The van der Waals surface area contributed by atoms with Gasteiger partial charge in [0.2, 0.25) is 11.9 Å². The summed E-state index contributed by atoms with van der Waals surface area (Å²) in [6.07, 6.45) is 0.934. The van der Waals surface area contributed by atoms with Crippen molar-refractivity contribution in [3.63, 3.8) is 0 Å². The number of thioether (sulfide) groups is 1. The highest BCUT2D eigenvalue weighted by Gasteiger charge is 2.25. The van der Waals surface area contributed by atoms with Gasteiger partial charge in [0, 0.05) is 19.6 Å². The summed E-state index contributed by atoms with van der Waals surface area (Å²) in [5, 5.41) is 11.8. The van der Waals surface area contributed by atoms with Crippen LogP contribution in [0.3, 0.4) is 0 Å². The molecule has 1 aliphatic rings.